The first-order chi connectivity index (χ1) is 11.6. The van der Waals surface area contributed by atoms with E-state index in [2.05, 4.69) is 15.3 Å². The lowest BCUT2D eigenvalue weighted by Gasteiger charge is -2.31. The largest absolute Gasteiger partial charge is 0.359 e. The molecule has 0 aliphatic carbocycles. The van der Waals surface area contributed by atoms with Crippen molar-refractivity contribution in [2.75, 3.05) is 20.1 Å². The Bertz CT molecular complexity index is 731. The van der Waals surface area contributed by atoms with Crippen molar-refractivity contribution in [3.05, 3.63) is 47.8 Å². The second-order valence-electron chi connectivity index (χ2n) is 6.04. The van der Waals surface area contributed by atoms with Gasteiger partial charge in [-0.1, -0.05) is 0 Å². The minimum absolute atomic E-state index is 0.000351. The standard InChI is InChI=1S/C17H20F2N4O/c1-20-17(24)12-3-2-7-22(10-12)11-14-6-8-23(21-14)16-5-4-13(18)9-15(16)19/h4-6,8-9,12H,2-3,7,10-11H2,1H3,(H,20,24)/t12-/m0/s1. The number of halogens is 2. The van der Waals surface area contributed by atoms with Gasteiger partial charge in [0.2, 0.25) is 5.91 Å². The van der Waals surface area contributed by atoms with Crippen LogP contribution >= 0.6 is 0 Å². The number of nitrogens with zero attached hydrogens (tertiary/aromatic N) is 3. The molecule has 2 aromatic rings. The van der Waals surface area contributed by atoms with Crippen LogP contribution in [0.5, 0.6) is 0 Å². The molecule has 2 heterocycles. The van der Waals surface area contributed by atoms with E-state index in [-0.39, 0.29) is 17.5 Å². The van der Waals surface area contributed by atoms with Gasteiger partial charge >= 0.3 is 0 Å². The molecule has 1 atom stereocenters. The summed E-state index contributed by atoms with van der Waals surface area (Å²) in [5.74, 6) is -1.20. The summed E-state index contributed by atoms with van der Waals surface area (Å²) in [5, 5.41) is 7.06. The van der Waals surface area contributed by atoms with Crippen LogP contribution in [0.25, 0.3) is 5.69 Å². The van der Waals surface area contributed by atoms with Crippen molar-refractivity contribution in [2.24, 2.45) is 5.92 Å². The molecule has 0 spiro atoms. The smallest absolute Gasteiger partial charge is 0.224 e. The highest BCUT2D eigenvalue weighted by Gasteiger charge is 2.25. The van der Waals surface area contributed by atoms with Gasteiger partial charge in [0.05, 0.1) is 11.6 Å². The number of hydrogen-bond donors (Lipinski definition) is 1. The lowest BCUT2D eigenvalue weighted by molar-refractivity contribution is -0.126. The van der Waals surface area contributed by atoms with E-state index < -0.39 is 11.6 Å². The monoisotopic (exact) mass is 334 g/mol. The van der Waals surface area contributed by atoms with Crippen LogP contribution in [0.15, 0.2) is 30.5 Å². The average Bonchev–Trinajstić information content (AvgIpc) is 3.02. The van der Waals surface area contributed by atoms with Crippen molar-refractivity contribution in [3.8, 4) is 5.69 Å². The third-order valence-electron chi connectivity index (χ3n) is 4.31. The first-order valence-corrected chi connectivity index (χ1v) is 8.00. The van der Waals surface area contributed by atoms with Crippen LogP contribution in [0.1, 0.15) is 18.5 Å². The van der Waals surface area contributed by atoms with Gasteiger partial charge in [0.1, 0.15) is 11.5 Å². The highest BCUT2D eigenvalue weighted by atomic mass is 19.1. The van der Waals surface area contributed by atoms with Gasteiger partial charge in [-0.05, 0) is 37.6 Å². The number of likely N-dealkylation sites (tertiary alicyclic amines) is 1. The number of amides is 1. The highest BCUT2D eigenvalue weighted by Crippen LogP contribution is 2.19. The van der Waals surface area contributed by atoms with Gasteiger partial charge in [0.25, 0.3) is 0 Å². The highest BCUT2D eigenvalue weighted by molar-refractivity contribution is 5.78. The molecule has 1 saturated heterocycles. The summed E-state index contributed by atoms with van der Waals surface area (Å²) in [6, 6.07) is 5.23. The zero-order valence-electron chi connectivity index (χ0n) is 13.5. The number of benzene rings is 1. The first kappa shape index (κ1) is 16.6. The zero-order chi connectivity index (χ0) is 17.1. The van der Waals surface area contributed by atoms with Crippen molar-refractivity contribution in [3.63, 3.8) is 0 Å². The minimum Gasteiger partial charge on any atom is -0.359 e. The molecular formula is C17H20F2N4O. The molecule has 1 amide bonds. The predicted molar refractivity (Wildman–Crippen MR) is 85.5 cm³/mol. The fraction of sp³-hybridized carbons (Fsp3) is 0.412. The van der Waals surface area contributed by atoms with Gasteiger partial charge < -0.3 is 5.32 Å². The molecule has 1 aliphatic heterocycles. The third kappa shape index (κ3) is 3.62. The van der Waals surface area contributed by atoms with Gasteiger partial charge in [0, 0.05) is 32.4 Å². The van der Waals surface area contributed by atoms with Gasteiger partial charge in [0.15, 0.2) is 5.82 Å². The number of nitrogens with one attached hydrogen (secondary N) is 1. The second-order valence-corrected chi connectivity index (χ2v) is 6.04. The summed E-state index contributed by atoms with van der Waals surface area (Å²) < 4.78 is 28.2. The van der Waals surface area contributed by atoms with Gasteiger partial charge in [-0.25, -0.2) is 13.5 Å². The van der Waals surface area contributed by atoms with Gasteiger partial charge in [-0.15, -0.1) is 0 Å². The lowest BCUT2D eigenvalue weighted by Crippen LogP contribution is -2.41. The molecule has 0 saturated carbocycles. The van der Waals surface area contributed by atoms with E-state index in [0.717, 1.165) is 31.1 Å². The summed E-state index contributed by atoms with van der Waals surface area (Å²) in [7, 11) is 1.65. The molecule has 3 rings (SSSR count). The zero-order valence-corrected chi connectivity index (χ0v) is 13.5. The van der Waals surface area contributed by atoms with Crippen molar-refractivity contribution in [1.82, 2.24) is 20.0 Å². The van der Waals surface area contributed by atoms with Crippen molar-refractivity contribution in [1.29, 1.82) is 0 Å². The Balaban J connectivity index is 1.69. The van der Waals surface area contributed by atoms with Crippen LogP contribution in [-0.4, -0.2) is 40.7 Å². The summed E-state index contributed by atoms with van der Waals surface area (Å²) in [4.78, 5) is 14.0. The Morgan fingerprint density at radius 1 is 1.38 bits per heavy atom. The fourth-order valence-electron chi connectivity index (χ4n) is 3.09. The number of hydrogen-bond acceptors (Lipinski definition) is 3. The number of carbonyl (C=O) groups excluding carboxylic acids is 1. The van der Waals surface area contributed by atoms with Crippen LogP contribution in [0.4, 0.5) is 8.78 Å². The first-order valence-electron chi connectivity index (χ1n) is 8.00. The SMILES string of the molecule is CNC(=O)[C@H]1CCCN(Cc2ccn(-c3ccc(F)cc3F)n2)C1. The predicted octanol–water partition coefficient (Wildman–Crippen LogP) is 2.11. The van der Waals surface area contributed by atoms with Crippen molar-refractivity contribution >= 4 is 5.91 Å². The Labute approximate surface area is 139 Å². The molecule has 0 bridgehead atoms. The molecule has 1 aromatic heterocycles. The maximum absolute atomic E-state index is 13.8. The van der Waals surface area contributed by atoms with E-state index in [1.807, 2.05) is 6.07 Å². The topological polar surface area (TPSA) is 50.2 Å². The van der Waals surface area contributed by atoms with Gasteiger partial charge in [-0.2, -0.15) is 5.10 Å². The molecule has 0 radical (unpaired) electrons. The maximum atomic E-state index is 13.8. The molecule has 1 aliphatic rings. The van der Waals surface area contributed by atoms with E-state index in [1.165, 1.54) is 16.8 Å². The molecular weight excluding hydrogens is 314 g/mol. The van der Waals surface area contributed by atoms with Crippen LogP contribution in [0, 0.1) is 17.6 Å². The Morgan fingerprint density at radius 3 is 2.96 bits per heavy atom. The van der Waals surface area contributed by atoms with E-state index in [4.69, 9.17) is 0 Å². The van der Waals surface area contributed by atoms with E-state index in [1.54, 1.807) is 13.2 Å². The normalized spacial score (nSPS) is 18.5. The van der Waals surface area contributed by atoms with E-state index in [9.17, 15) is 13.6 Å². The molecule has 5 nitrogen and oxygen atoms in total. The Hall–Kier alpha value is -2.28. The third-order valence-corrected chi connectivity index (χ3v) is 4.31. The van der Waals surface area contributed by atoms with Crippen LogP contribution in [0.3, 0.4) is 0 Å². The van der Waals surface area contributed by atoms with Crippen LogP contribution in [0.2, 0.25) is 0 Å². The van der Waals surface area contributed by atoms with Crippen molar-refractivity contribution in [2.45, 2.75) is 19.4 Å². The lowest BCUT2D eigenvalue weighted by atomic mass is 9.97. The number of carbonyl (C=O) groups is 1. The Morgan fingerprint density at radius 2 is 2.21 bits per heavy atom. The molecule has 0 unspecified atom stereocenters. The molecule has 1 aromatic carbocycles. The molecule has 128 valence electrons. The van der Waals surface area contributed by atoms with Crippen molar-refractivity contribution < 1.29 is 13.6 Å². The number of rotatable bonds is 4. The maximum Gasteiger partial charge on any atom is 0.224 e. The van der Waals surface area contributed by atoms with Crippen LogP contribution < -0.4 is 5.32 Å². The van der Waals surface area contributed by atoms with Crippen LogP contribution in [-0.2, 0) is 11.3 Å². The van der Waals surface area contributed by atoms with Gasteiger partial charge in [-0.3, -0.25) is 9.69 Å². The number of piperidine rings is 1. The quantitative estimate of drug-likeness (QED) is 0.932. The van der Waals surface area contributed by atoms with E-state index >= 15 is 0 Å². The average molecular weight is 334 g/mol. The molecule has 1 fully saturated rings. The molecule has 1 N–H and O–H groups in total. The van der Waals surface area contributed by atoms with E-state index in [0.29, 0.717) is 13.1 Å². The second kappa shape index (κ2) is 7.09. The molecule has 7 heteroatoms. The summed E-state index contributed by atoms with van der Waals surface area (Å²) in [6.07, 6.45) is 3.52. The summed E-state index contributed by atoms with van der Waals surface area (Å²) in [5.41, 5.74) is 1.00. The minimum atomic E-state index is -0.651. The summed E-state index contributed by atoms with van der Waals surface area (Å²) in [6.45, 7) is 2.20. The number of aromatic nitrogens is 2. The Kier molecular flexibility index (Phi) is 4.89. The summed E-state index contributed by atoms with van der Waals surface area (Å²) >= 11 is 0. The fourth-order valence-corrected chi connectivity index (χ4v) is 3.09. The molecule has 24 heavy (non-hydrogen) atoms.